The van der Waals surface area contributed by atoms with Crippen molar-refractivity contribution in [1.29, 1.82) is 0 Å². The molecule has 0 bridgehead atoms. The Morgan fingerprint density at radius 3 is 2.68 bits per heavy atom. The van der Waals surface area contributed by atoms with Crippen molar-refractivity contribution in [2.45, 2.75) is 25.6 Å². The summed E-state index contributed by atoms with van der Waals surface area (Å²) in [7, 11) is 0. The molecule has 0 saturated carbocycles. The Balaban J connectivity index is 2.90. The van der Waals surface area contributed by atoms with Crippen molar-refractivity contribution >= 4 is 12.3 Å². The van der Waals surface area contributed by atoms with E-state index in [1.165, 1.54) is 18.2 Å². The van der Waals surface area contributed by atoms with Crippen LogP contribution in [0.1, 0.15) is 35.4 Å². The topological polar surface area (TPSA) is 104 Å². The van der Waals surface area contributed by atoms with E-state index in [0.717, 1.165) is 0 Å². The van der Waals surface area contributed by atoms with Gasteiger partial charge in [-0.3, -0.25) is 9.59 Å². The zero-order chi connectivity index (χ0) is 14.4. The number of hydrogen-bond donors (Lipinski definition) is 3. The predicted molar refractivity (Wildman–Crippen MR) is 65.7 cm³/mol. The van der Waals surface area contributed by atoms with Crippen molar-refractivity contribution in [3.63, 3.8) is 0 Å². The van der Waals surface area contributed by atoms with E-state index in [9.17, 15) is 24.9 Å². The lowest BCUT2D eigenvalue weighted by Gasteiger charge is -2.19. The third kappa shape index (κ3) is 3.77. The van der Waals surface area contributed by atoms with Crippen LogP contribution in [0.5, 0.6) is 5.75 Å². The molecular formula is C13H16O6. The Morgan fingerprint density at radius 2 is 2.11 bits per heavy atom. The number of carbonyl (C=O) groups excluding carboxylic acids is 2. The van der Waals surface area contributed by atoms with Gasteiger partial charge in [-0.05, 0) is 13.0 Å². The minimum Gasteiger partial charge on any atom is -0.508 e. The fourth-order valence-corrected chi connectivity index (χ4v) is 1.69. The highest BCUT2D eigenvalue weighted by atomic mass is 16.5. The number of aliphatic hydroxyl groups is 2. The number of aldehydes is 1. The molecule has 1 aromatic rings. The Hall–Kier alpha value is -1.92. The number of ether oxygens (including phenoxy) is 1. The summed E-state index contributed by atoms with van der Waals surface area (Å²) in [5.74, 6) is -0.989. The van der Waals surface area contributed by atoms with Crippen molar-refractivity contribution in [2.75, 3.05) is 6.61 Å². The maximum absolute atomic E-state index is 11.2. The monoisotopic (exact) mass is 268 g/mol. The predicted octanol–water partition coefficient (Wildman–Crippen LogP) is 0.552. The molecule has 0 aliphatic heterocycles. The van der Waals surface area contributed by atoms with Crippen LogP contribution in [0.3, 0.4) is 0 Å². The summed E-state index contributed by atoms with van der Waals surface area (Å²) in [6.07, 6.45) is -2.99. The quantitative estimate of drug-likeness (QED) is 0.514. The van der Waals surface area contributed by atoms with Gasteiger partial charge in [0, 0.05) is 11.1 Å². The number of rotatable bonds is 6. The summed E-state index contributed by atoms with van der Waals surface area (Å²) < 4.78 is 4.64. The number of carbonyl (C=O) groups is 2. The first-order valence-electron chi connectivity index (χ1n) is 5.80. The minimum atomic E-state index is -1.55. The Bertz CT molecular complexity index is 456. The number of aromatic hydroxyl groups is 1. The summed E-state index contributed by atoms with van der Waals surface area (Å²) >= 11 is 0. The number of phenolic OH excluding ortho intramolecular Hbond substituents is 1. The summed E-state index contributed by atoms with van der Waals surface area (Å²) in [6.45, 7) is 1.78. The second-order valence-electron chi connectivity index (χ2n) is 3.92. The van der Waals surface area contributed by atoms with E-state index in [1.807, 2.05) is 0 Å². The van der Waals surface area contributed by atoms with Crippen LogP contribution in [0, 0.1) is 0 Å². The van der Waals surface area contributed by atoms with Gasteiger partial charge < -0.3 is 20.1 Å². The molecule has 0 aliphatic rings. The van der Waals surface area contributed by atoms with Gasteiger partial charge in [0.15, 0.2) is 6.29 Å². The van der Waals surface area contributed by atoms with Gasteiger partial charge in [0.1, 0.15) is 11.9 Å². The smallest absolute Gasteiger partial charge is 0.308 e. The van der Waals surface area contributed by atoms with Crippen molar-refractivity contribution in [3.8, 4) is 5.75 Å². The van der Waals surface area contributed by atoms with Crippen LogP contribution in [0.15, 0.2) is 18.2 Å². The summed E-state index contributed by atoms with van der Waals surface area (Å²) in [5, 5.41) is 29.3. The minimum absolute atomic E-state index is 0.0513. The molecular weight excluding hydrogens is 252 g/mol. The molecule has 0 saturated heterocycles. The number of phenols is 1. The number of benzene rings is 1. The van der Waals surface area contributed by atoms with Gasteiger partial charge in [-0.25, -0.2) is 0 Å². The van der Waals surface area contributed by atoms with E-state index >= 15 is 0 Å². The lowest BCUT2D eigenvalue weighted by Crippen LogP contribution is -2.24. The van der Waals surface area contributed by atoms with Crippen molar-refractivity contribution in [3.05, 3.63) is 29.3 Å². The van der Waals surface area contributed by atoms with Gasteiger partial charge in [0.25, 0.3) is 0 Å². The van der Waals surface area contributed by atoms with E-state index in [-0.39, 0.29) is 23.5 Å². The fourth-order valence-electron chi connectivity index (χ4n) is 1.69. The summed E-state index contributed by atoms with van der Waals surface area (Å²) in [4.78, 5) is 22.0. The molecule has 2 atom stereocenters. The number of aliphatic hydroxyl groups excluding tert-OH is 2. The van der Waals surface area contributed by atoms with E-state index < -0.39 is 24.6 Å². The van der Waals surface area contributed by atoms with Crippen LogP contribution in [-0.4, -0.2) is 40.3 Å². The van der Waals surface area contributed by atoms with E-state index in [4.69, 9.17) is 0 Å². The fraction of sp³-hybridized carbons (Fsp3) is 0.385. The second kappa shape index (κ2) is 6.86. The lowest BCUT2D eigenvalue weighted by molar-refractivity contribution is -0.147. The van der Waals surface area contributed by atoms with Crippen LogP contribution in [-0.2, 0) is 9.53 Å². The first kappa shape index (κ1) is 15.1. The SMILES string of the molecule is CCOC(=O)CC(O)C(O)c1c(O)cccc1C=O. The van der Waals surface area contributed by atoms with Crippen LogP contribution in [0.25, 0.3) is 0 Å². The largest absolute Gasteiger partial charge is 0.508 e. The number of esters is 1. The Kier molecular flexibility index (Phi) is 5.47. The molecule has 19 heavy (non-hydrogen) atoms. The molecule has 104 valence electrons. The van der Waals surface area contributed by atoms with Crippen LogP contribution < -0.4 is 0 Å². The molecule has 0 fully saturated rings. The van der Waals surface area contributed by atoms with Crippen LogP contribution in [0.4, 0.5) is 0 Å². The highest BCUT2D eigenvalue weighted by Crippen LogP contribution is 2.30. The summed E-state index contributed by atoms with van der Waals surface area (Å²) in [5.41, 5.74) is -0.0512. The molecule has 3 N–H and O–H groups in total. The number of hydrogen-bond acceptors (Lipinski definition) is 6. The third-order valence-corrected chi connectivity index (χ3v) is 2.59. The Morgan fingerprint density at radius 1 is 1.42 bits per heavy atom. The van der Waals surface area contributed by atoms with Crippen LogP contribution >= 0.6 is 0 Å². The molecule has 0 radical (unpaired) electrons. The summed E-state index contributed by atoms with van der Waals surface area (Å²) in [6, 6.07) is 4.11. The van der Waals surface area contributed by atoms with Gasteiger partial charge in [-0.2, -0.15) is 0 Å². The average Bonchev–Trinajstić information content (AvgIpc) is 2.37. The third-order valence-electron chi connectivity index (χ3n) is 2.59. The Labute approximate surface area is 110 Å². The van der Waals surface area contributed by atoms with E-state index in [1.54, 1.807) is 6.92 Å². The molecule has 1 aromatic carbocycles. The molecule has 0 heterocycles. The highest BCUT2D eigenvalue weighted by molar-refractivity contribution is 5.79. The first-order valence-corrected chi connectivity index (χ1v) is 5.80. The van der Waals surface area contributed by atoms with E-state index in [0.29, 0.717) is 6.29 Å². The average molecular weight is 268 g/mol. The van der Waals surface area contributed by atoms with Gasteiger partial charge >= 0.3 is 5.97 Å². The molecule has 1 rings (SSSR count). The van der Waals surface area contributed by atoms with Gasteiger partial charge in [0.2, 0.25) is 0 Å². The van der Waals surface area contributed by atoms with Crippen molar-refractivity contribution < 1.29 is 29.6 Å². The molecule has 0 spiro atoms. The normalized spacial score (nSPS) is 13.6. The molecule has 6 heteroatoms. The maximum Gasteiger partial charge on any atom is 0.308 e. The van der Waals surface area contributed by atoms with Crippen molar-refractivity contribution in [2.24, 2.45) is 0 Å². The molecule has 0 amide bonds. The van der Waals surface area contributed by atoms with Gasteiger partial charge in [-0.1, -0.05) is 12.1 Å². The van der Waals surface area contributed by atoms with Crippen LogP contribution in [0.2, 0.25) is 0 Å². The van der Waals surface area contributed by atoms with E-state index in [2.05, 4.69) is 4.74 Å². The molecule has 6 nitrogen and oxygen atoms in total. The van der Waals surface area contributed by atoms with Gasteiger partial charge in [0.05, 0.1) is 19.1 Å². The highest BCUT2D eigenvalue weighted by Gasteiger charge is 2.26. The molecule has 0 aliphatic carbocycles. The van der Waals surface area contributed by atoms with Crippen molar-refractivity contribution in [1.82, 2.24) is 0 Å². The molecule has 2 unspecified atom stereocenters. The zero-order valence-electron chi connectivity index (χ0n) is 10.4. The first-order chi connectivity index (χ1) is 9.01. The second-order valence-corrected chi connectivity index (χ2v) is 3.92. The standard InChI is InChI=1S/C13H16O6/c1-2-19-11(17)6-10(16)13(18)12-8(7-14)4-3-5-9(12)15/h3-5,7,10,13,15-16,18H,2,6H2,1H3. The molecule has 0 aromatic heterocycles. The maximum atomic E-state index is 11.2. The zero-order valence-corrected chi connectivity index (χ0v) is 10.4. The van der Waals surface area contributed by atoms with Gasteiger partial charge in [-0.15, -0.1) is 0 Å². The lowest BCUT2D eigenvalue weighted by atomic mass is 9.96.